The predicted molar refractivity (Wildman–Crippen MR) is 77.0 cm³/mol. The maximum atomic E-state index is 12.1. The summed E-state index contributed by atoms with van der Waals surface area (Å²) >= 11 is 0.803. The van der Waals surface area contributed by atoms with E-state index < -0.39 is 10.8 Å². The zero-order valence-electron chi connectivity index (χ0n) is 11.6. The van der Waals surface area contributed by atoms with Gasteiger partial charge in [0.05, 0.1) is 10.8 Å². The Balaban J connectivity index is 1.91. The SMILES string of the molecule is CCCCN1CC(C(=O)Nc2ncc([N+](=O)[O-])s2)CC1=O. The van der Waals surface area contributed by atoms with Crippen molar-refractivity contribution in [3.8, 4) is 0 Å². The number of nitrogens with one attached hydrogen (secondary N) is 1. The summed E-state index contributed by atoms with van der Waals surface area (Å²) < 4.78 is 0. The van der Waals surface area contributed by atoms with Crippen LogP contribution >= 0.6 is 11.3 Å². The van der Waals surface area contributed by atoms with Gasteiger partial charge in [0, 0.05) is 19.5 Å². The molecule has 1 fully saturated rings. The topological polar surface area (TPSA) is 105 Å². The summed E-state index contributed by atoms with van der Waals surface area (Å²) in [6.45, 7) is 3.11. The second kappa shape index (κ2) is 6.61. The van der Waals surface area contributed by atoms with E-state index in [1.54, 1.807) is 4.90 Å². The monoisotopic (exact) mass is 312 g/mol. The minimum absolute atomic E-state index is 0.0197. The molecule has 0 spiro atoms. The second-order valence-electron chi connectivity index (χ2n) is 4.84. The number of amides is 2. The number of likely N-dealkylation sites (tertiary alicyclic amines) is 1. The Hall–Kier alpha value is -2.03. The predicted octanol–water partition coefficient (Wildman–Crippen LogP) is 1.64. The van der Waals surface area contributed by atoms with Crippen LogP contribution in [-0.2, 0) is 9.59 Å². The molecule has 1 aromatic heterocycles. The summed E-state index contributed by atoms with van der Waals surface area (Å²) in [4.78, 5) is 39.3. The van der Waals surface area contributed by atoms with E-state index in [0.717, 1.165) is 30.4 Å². The van der Waals surface area contributed by atoms with Gasteiger partial charge in [-0.15, -0.1) is 0 Å². The van der Waals surface area contributed by atoms with E-state index in [4.69, 9.17) is 0 Å². The minimum Gasteiger partial charge on any atom is -0.342 e. The average molecular weight is 312 g/mol. The highest BCUT2D eigenvalue weighted by molar-refractivity contribution is 7.18. The number of hydrogen-bond donors (Lipinski definition) is 1. The number of rotatable bonds is 6. The Kier molecular flexibility index (Phi) is 4.84. The fourth-order valence-electron chi connectivity index (χ4n) is 2.13. The van der Waals surface area contributed by atoms with Crippen molar-refractivity contribution in [2.24, 2.45) is 5.92 Å². The first kappa shape index (κ1) is 15.4. The Morgan fingerprint density at radius 1 is 1.67 bits per heavy atom. The number of aromatic nitrogens is 1. The summed E-state index contributed by atoms with van der Waals surface area (Å²) in [6, 6.07) is 0. The molecule has 2 rings (SSSR count). The van der Waals surface area contributed by atoms with Crippen LogP contribution in [0.15, 0.2) is 6.20 Å². The van der Waals surface area contributed by atoms with Crippen LogP contribution in [-0.4, -0.2) is 39.7 Å². The first-order valence-corrected chi connectivity index (χ1v) is 7.51. The van der Waals surface area contributed by atoms with Crippen molar-refractivity contribution in [2.45, 2.75) is 26.2 Å². The van der Waals surface area contributed by atoms with E-state index in [0.29, 0.717) is 13.1 Å². The third kappa shape index (κ3) is 3.75. The minimum atomic E-state index is -0.557. The highest BCUT2D eigenvalue weighted by atomic mass is 32.1. The van der Waals surface area contributed by atoms with Crippen LogP contribution in [0.2, 0.25) is 0 Å². The molecule has 1 saturated heterocycles. The summed E-state index contributed by atoms with van der Waals surface area (Å²) in [5.74, 6) is -0.752. The largest absolute Gasteiger partial charge is 0.345 e. The number of hydrogen-bond acceptors (Lipinski definition) is 6. The number of thiazole rings is 1. The second-order valence-corrected chi connectivity index (χ2v) is 5.85. The van der Waals surface area contributed by atoms with Gasteiger partial charge in [0.15, 0.2) is 5.13 Å². The van der Waals surface area contributed by atoms with Crippen molar-refractivity contribution in [3.63, 3.8) is 0 Å². The molecule has 0 bridgehead atoms. The quantitative estimate of drug-likeness (QED) is 0.635. The fourth-order valence-corrected chi connectivity index (χ4v) is 2.76. The average Bonchev–Trinajstić information content (AvgIpc) is 3.03. The number of anilines is 1. The van der Waals surface area contributed by atoms with Gasteiger partial charge in [0.25, 0.3) is 0 Å². The number of nitrogens with zero attached hydrogens (tertiary/aromatic N) is 3. The lowest BCUT2D eigenvalue weighted by atomic mass is 10.1. The Bertz CT molecular complexity index is 559. The van der Waals surface area contributed by atoms with Gasteiger partial charge in [0.2, 0.25) is 11.8 Å². The van der Waals surface area contributed by atoms with Crippen LogP contribution in [0, 0.1) is 16.0 Å². The van der Waals surface area contributed by atoms with Crippen LogP contribution in [0.3, 0.4) is 0 Å². The normalized spacial score (nSPS) is 18.0. The zero-order valence-corrected chi connectivity index (χ0v) is 12.4. The standard InChI is InChI=1S/C12H16N4O4S/c1-2-3-4-15-7-8(5-9(15)17)11(18)14-12-13-6-10(21-12)16(19)20/h6,8H,2-5,7H2,1H3,(H,13,14,18). The zero-order chi connectivity index (χ0) is 15.4. The van der Waals surface area contributed by atoms with Gasteiger partial charge in [-0.1, -0.05) is 13.3 Å². The molecule has 0 radical (unpaired) electrons. The van der Waals surface area contributed by atoms with Crippen LogP contribution in [0.5, 0.6) is 0 Å². The number of unbranched alkanes of at least 4 members (excludes halogenated alkanes) is 1. The lowest BCUT2D eigenvalue weighted by Gasteiger charge is -2.15. The van der Waals surface area contributed by atoms with Crippen molar-refractivity contribution < 1.29 is 14.5 Å². The van der Waals surface area contributed by atoms with Gasteiger partial charge in [-0.25, -0.2) is 4.98 Å². The van der Waals surface area contributed by atoms with Crippen LogP contribution in [0.25, 0.3) is 0 Å². The van der Waals surface area contributed by atoms with E-state index in [2.05, 4.69) is 10.3 Å². The summed E-state index contributed by atoms with van der Waals surface area (Å²) in [5.41, 5.74) is 0. The number of nitro groups is 1. The molecule has 0 aliphatic carbocycles. The van der Waals surface area contributed by atoms with Crippen molar-refractivity contribution in [1.82, 2.24) is 9.88 Å². The molecular formula is C12H16N4O4S. The maximum Gasteiger partial charge on any atom is 0.345 e. The third-order valence-corrected chi connectivity index (χ3v) is 4.13. The van der Waals surface area contributed by atoms with E-state index >= 15 is 0 Å². The number of carbonyl (C=O) groups excluding carboxylic acids is 2. The molecule has 8 nitrogen and oxygen atoms in total. The van der Waals surface area contributed by atoms with Crippen molar-refractivity contribution in [3.05, 3.63) is 16.3 Å². The third-order valence-electron chi connectivity index (χ3n) is 3.27. The van der Waals surface area contributed by atoms with Crippen LogP contribution in [0.4, 0.5) is 10.1 Å². The van der Waals surface area contributed by atoms with Crippen LogP contribution < -0.4 is 5.32 Å². The lowest BCUT2D eigenvalue weighted by molar-refractivity contribution is -0.380. The van der Waals surface area contributed by atoms with Crippen molar-refractivity contribution in [2.75, 3.05) is 18.4 Å². The fraction of sp³-hybridized carbons (Fsp3) is 0.583. The molecule has 0 saturated carbocycles. The van der Waals surface area contributed by atoms with Crippen molar-refractivity contribution in [1.29, 1.82) is 0 Å². The summed E-state index contributed by atoms with van der Waals surface area (Å²) in [7, 11) is 0. The first-order valence-electron chi connectivity index (χ1n) is 6.70. The van der Waals surface area contributed by atoms with Gasteiger partial charge in [0.1, 0.15) is 6.20 Å². The van der Waals surface area contributed by atoms with Gasteiger partial charge < -0.3 is 10.2 Å². The van der Waals surface area contributed by atoms with E-state index in [1.165, 1.54) is 0 Å². The summed E-state index contributed by atoms with van der Waals surface area (Å²) in [6.07, 6.45) is 3.19. The highest BCUT2D eigenvalue weighted by Gasteiger charge is 2.34. The molecule has 114 valence electrons. The molecular weight excluding hydrogens is 296 g/mol. The first-order chi connectivity index (χ1) is 10.0. The van der Waals surface area contributed by atoms with Gasteiger partial charge in [-0.2, -0.15) is 0 Å². The van der Waals surface area contributed by atoms with E-state index in [1.807, 2.05) is 6.92 Å². The van der Waals surface area contributed by atoms with E-state index in [9.17, 15) is 19.7 Å². The Morgan fingerprint density at radius 3 is 3.05 bits per heavy atom. The molecule has 1 atom stereocenters. The molecule has 2 heterocycles. The summed E-state index contributed by atoms with van der Waals surface area (Å²) in [5, 5.41) is 13.2. The number of carbonyl (C=O) groups is 2. The molecule has 9 heteroatoms. The van der Waals surface area contributed by atoms with Crippen LogP contribution in [0.1, 0.15) is 26.2 Å². The molecule has 2 amide bonds. The molecule has 1 aromatic rings. The Labute approximate surface area is 125 Å². The van der Waals surface area contributed by atoms with Gasteiger partial charge in [-0.3, -0.25) is 19.7 Å². The highest BCUT2D eigenvalue weighted by Crippen LogP contribution is 2.26. The van der Waals surface area contributed by atoms with Gasteiger partial charge in [-0.05, 0) is 17.8 Å². The molecule has 21 heavy (non-hydrogen) atoms. The molecule has 1 aliphatic rings. The molecule has 1 unspecified atom stereocenters. The molecule has 1 N–H and O–H groups in total. The maximum absolute atomic E-state index is 12.1. The molecule has 0 aromatic carbocycles. The smallest absolute Gasteiger partial charge is 0.342 e. The van der Waals surface area contributed by atoms with E-state index in [-0.39, 0.29) is 28.4 Å². The lowest BCUT2D eigenvalue weighted by Crippen LogP contribution is -2.29. The van der Waals surface area contributed by atoms with Gasteiger partial charge >= 0.3 is 5.00 Å². The Morgan fingerprint density at radius 2 is 2.43 bits per heavy atom. The molecule has 1 aliphatic heterocycles. The van der Waals surface area contributed by atoms with Crippen molar-refractivity contribution >= 4 is 33.3 Å².